The van der Waals surface area contributed by atoms with Gasteiger partial charge in [0.2, 0.25) is 0 Å². The zero-order valence-electron chi connectivity index (χ0n) is 9.85. The third-order valence-corrected chi connectivity index (χ3v) is 5.50. The smallest absolute Gasteiger partial charge is 0.181 e. The van der Waals surface area contributed by atoms with Gasteiger partial charge in [-0.3, -0.25) is 0 Å². The summed E-state index contributed by atoms with van der Waals surface area (Å²) in [6.45, 7) is 0.599. The summed E-state index contributed by atoms with van der Waals surface area (Å²) < 4.78 is 24.6. The lowest BCUT2D eigenvalue weighted by atomic mass is 10.00. The van der Waals surface area contributed by atoms with Crippen LogP contribution >= 0.6 is 12.4 Å². The molecular formula is C12H18ClNO2S. The highest BCUT2D eigenvalue weighted by atomic mass is 35.5. The van der Waals surface area contributed by atoms with Gasteiger partial charge < -0.3 is 5.32 Å². The van der Waals surface area contributed by atoms with Crippen molar-refractivity contribution in [2.45, 2.75) is 36.0 Å². The van der Waals surface area contributed by atoms with E-state index >= 15 is 0 Å². The van der Waals surface area contributed by atoms with Crippen LogP contribution in [0.1, 0.15) is 24.8 Å². The molecule has 2 rings (SSSR count). The summed E-state index contributed by atoms with van der Waals surface area (Å²) in [5, 5.41) is 2.86. The Balaban J connectivity index is 0.00000144. The second-order valence-electron chi connectivity index (χ2n) is 4.24. The number of hydrogen-bond acceptors (Lipinski definition) is 3. The number of halogens is 1. The molecule has 1 aromatic rings. The summed E-state index contributed by atoms with van der Waals surface area (Å²) in [4.78, 5) is 0.508. The highest BCUT2D eigenvalue weighted by Crippen LogP contribution is 2.32. The average molecular weight is 276 g/mol. The molecule has 0 bridgehead atoms. The van der Waals surface area contributed by atoms with Crippen LogP contribution in [0, 0.1) is 0 Å². The third kappa shape index (κ3) is 2.81. The van der Waals surface area contributed by atoms with E-state index in [4.69, 9.17) is 0 Å². The third-order valence-electron chi connectivity index (χ3n) is 3.14. The van der Waals surface area contributed by atoms with E-state index in [0.29, 0.717) is 11.4 Å². The van der Waals surface area contributed by atoms with E-state index < -0.39 is 9.84 Å². The van der Waals surface area contributed by atoms with E-state index in [-0.39, 0.29) is 17.7 Å². The fraction of sp³-hybridized carbons (Fsp3) is 0.500. The average Bonchev–Trinajstić information content (AvgIpc) is 2.15. The van der Waals surface area contributed by atoms with Gasteiger partial charge in [-0.25, -0.2) is 8.42 Å². The van der Waals surface area contributed by atoms with Crippen LogP contribution in [0.25, 0.3) is 0 Å². The van der Waals surface area contributed by atoms with Gasteiger partial charge in [0.15, 0.2) is 9.84 Å². The summed E-state index contributed by atoms with van der Waals surface area (Å²) >= 11 is 0. The minimum absolute atomic E-state index is 0. The monoisotopic (exact) mass is 275 g/mol. The van der Waals surface area contributed by atoms with Crippen molar-refractivity contribution < 1.29 is 8.42 Å². The zero-order chi connectivity index (χ0) is 11.6. The van der Waals surface area contributed by atoms with Gasteiger partial charge in [-0.1, -0.05) is 24.6 Å². The highest BCUT2D eigenvalue weighted by Gasteiger charge is 2.33. The topological polar surface area (TPSA) is 46.2 Å². The number of rotatable bonds is 4. The number of benzene rings is 1. The molecule has 1 aromatic carbocycles. The molecule has 0 radical (unpaired) electrons. The molecule has 5 heteroatoms. The fourth-order valence-corrected chi connectivity index (χ4v) is 4.07. The van der Waals surface area contributed by atoms with Crippen LogP contribution in [0.5, 0.6) is 0 Å². The molecule has 0 atom stereocenters. The first-order valence-corrected chi connectivity index (χ1v) is 7.17. The van der Waals surface area contributed by atoms with E-state index in [9.17, 15) is 8.42 Å². The number of sulfone groups is 1. The van der Waals surface area contributed by atoms with E-state index in [0.717, 1.165) is 24.8 Å². The second-order valence-corrected chi connectivity index (χ2v) is 6.43. The maximum atomic E-state index is 12.3. The largest absolute Gasteiger partial charge is 0.316 e. The van der Waals surface area contributed by atoms with Gasteiger partial charge in [0, 0.05) is 6.54 Å². The molecule has 1 saturated carbocycles. The lowest BCUT2D eigenvalue weighted by Gasteiger charge is -2.26. The van der Waals surface area contributed by atoms with Crippen LogP contribution in [-0.2, 0) is 16.4 Å². The molecule has 96 valence electrons. The first kappa shape index (κ1) is 14.5. The van der Waals surface area contributed by atoms with E-state index in [1.807, 2.05) is 19.2 Å². The molecule has 3 nitrogen and oxygen atoms in total. The molecule has 0 spiro atoms. The Hall–Kier alpha value is -0.580. The standard InChI is InChI=1S/C12H17NO2S.ClH/c1-13-9-10-5-2-3-8-12(10)16(14,15)11-6-4-7-11;/h2-3,5,8,11,13H,4,6-7,9H2,1H3;1H. The molecule has 0 amide bonds. The van der Waals surface area contributed by atoms with Crippen molar-refractivity contribution in [3.05, 3.63) is 29.8 Å². The molecule has 1 N–H and O–H groups in total. The van der Waals surface area contributed by atoms with Crippen molar-refractivity contribution in [1.82, 2.24) is 5.32 Å². The lowest BCUT2D eigenvalue weighted by molar-refractivity contribution is 0.476. The molecule has 17 heavy (non-hydrogen) atoms. The first-order valence-electron chi connectivity index (χ1n) is 5.62. The van der Waals surface area contributed by atoms with Gasteiger partial charge in [0.1, 0.15) is 0 Å². The summed E-state index contributed by atoms with van der Waals surface area (Å²) in [5.41, 5.74) is 0.872. The predicted molar refractivity (Wildman–Crippen MR) is 71.3 cm³/mol. The van der Waals surface area contributed by atoms with Crippen LogP contribution < -0.4 is 5.32 Å². The molecule has 0 aliphatic heterocycles. The van der Waals surface area contributed by atoms with Crippen LogP contribution in [0.15, 0.2) is 29.2 Å². The minimum atomic E-state index is -3.10. The SMILES string of the molecule is CNCc1ccccc1S(=O)(=O)C1CCC1.Cl. The Morgan fingerprint density at radius 1 is 1.29 bits per heavy atom. The van der Waals surface area contributed by atoms with Crippen LogP contribution in [0.2, 0.25) is 0 Å². The van der Waals surface area contributed by atoms with E-state index in [2.05, 4.69) is 5.32 Å². The van der Waals surface area contributed by atoms with Crippen LogP contribution in [0.3, 0.4) is 0 Å². The molecule has 0 unspecified atom stereocenters. The summed E-state index contributed by atoms with van der Waals surface area (Å²) in [6, 6.07) is 7.28. The molecular weight excluding hydrogens is 258 g/mol. The number of hydrogen-bond donors (Lipinski definition) is 1. The minimum Gasteiger partial charge on any atom is -0.316 e. The van der Waals surface area contributed by atoms with Gasteiger partial charge >= 0.3 is 0 Å². The summed E-state index contributed by atoms with van der Waals surface area (Å²) in [5.74, 6) is 0. The van der Waals surface area contributed by atoms with E-state index in [1.54, 1.807) is 12.1 Å². The lowest BCUT2D eigenvalue weighted by Crippen LogP contribution is -2.29. The van der Waals surface area contributed by atoms with Gasteiger partial charge in [-0.15, -0.1) is 12.4 Å². The fourth-order valence-electron chi connectivity index (χ4n) is 1.98. The molecule has 0 saturated heterocycles. The highest BCUT2D eigenvalue weighted by molar-refractivity contribution is 7.92. The zero-order valence-corrected chi connectivity index (χ0v) is 11.5. The Kier molecular flexibility index (Phi) is 4.98. The number of nitrogens with one attached hydrogen (secondary N) is 1. The van der Waals surface area contributed by atoms with Crippen molar-refractivity contribution in [1.29, 1.82) is 0 Å². The van der Waals surface area contributed by atoms with Crippen molar-refractivity contribution in [2.24, 2.45) is 0 Å². The first-order chi connectivity index (χ1) is 7.66. The van der Waals surface area contributed by atoms with Crippen molar-refractivity contribution in [3.63, 3.8) is 0 Å². The van der Waals surface area contributed by atoms with Crippen molar-refractivity contribution in [3.8, 4) is 0 Å². The van der Waals surface area contributed by atoms with Crippen LogP contribution in [0.4, 0.5) is 0 Å². The Morgan fingerprint density at radius 3 is 2.47 bits per heavy atom. The Labute approximate surface area is 109 Å². The Morgan fingerprint density at radius 2 is 1.94 bits per heavy atom. The predicted octanol–water partition coefficient (Wildman–Crippen LogP) is 2.15. The quantitative estimate of drug-likeness (QED) is 0.916. The van der Waals surface area contributed by atoms with Crippen LogP contribution in [-0.4, -0.2) is 20.7 Å². The van der Waals surface area contributed by atoms with Crippen molar-refractivity contribution in [2.75, 3.05) is 7.05 Å². The van der Waals surface area contributed by atoms with Gasteiger partial charge in [-0.05, 0) is 31.5 Å². The second kappa shape index (κ2) is 5.85. The Bertz CT molecular complexity index is 469. The maximum absolute atomic E-state index is 12.3. The van der Waals surface area contributed by atoms with Gasteiger partial charge in [0.25, 0.3) is 0 Å². The summed E-state index contributed by atoms with van der Waals surface area (Å²) in [6.07, 6.45) is 2.67. The molecule has 0 heterocycles. The maximum Gasteiger partial charge on any atom is 0.181 e. The van der Waals surface area contributed by atoms with E-state index in [1.165, 1.54) is 0 Å². The molecule has 0 aromatic heterocycles. The van der Waals surface area contributed by atoms with Gasteiger partial charge in [0.05, 0.1) is 10.1 Å². The van der Waals surface area contributed by atoms with Crippen molar-refractivity contribution >= 4 is 22.2 Å². The molecule has 1 aliphatic rings. The molecule has 1 aliphatic carbocycles. The summed E-state index contributed by atoms with van der Waals surface area (Å²) in [7, 11) is -1.27. The molecule has 1 fully saturated rings. The normalized spacial score (nSPS) is 16.1. The van der Waals surface area contributed by atoms with Gasteiger partial charge in [-0.2, -0.15) is 0 Å².